The fraction of sp³-hybridized carbons (Fsp3) is 0.308. The molecule has 0 aliphatic carbocycles. The summed E-state index contributed by atoms with van der Waals surface area (Å²) >= 11 is 2.87. The van der Waals surface area contributed by atoms with Gasteiger partial charge in [0.25, 0.3) is 0 Å². The molecule has 2 aromatic rings. The number of aryl methyl sites for hydroxylation is 2. The minimum absolute atomic E-state index is 0.0762. The predicted octanol–water partition coefficient (Wildman–Crippen LogP) is 3.62. The molecular weight excluding hydrogens is 304 g/mol. The van der Waals surface area contributed by atoms with E-state index in [0.29, 0.717) is 13.0 Å². The van der Waals surface area contributed by atoms with Gasteiger partial charge < -0.3 is 4.57 Å². The van der Waals surface area contributed by atoms with E-state index in [1.54, 1.807) is 4.57 Å². The summed E-state index contributed by atoms with van der Waals surface area (Å²) in [5.41, 5.74) is 0.555. The smallest absolute Gasteiger partial charge is 0.189 e. The van der Waals surface area contributed by atoms with Crippen molar-refractivity contribution in [3.05, 3.63) is 44.2 Å². The summed E-state index contributed by atoms with van der Waals surface area (Å²) in [4.78, 5) is 11.9. The number of aromatic nitrogens is 1. The Bertz CT molecular complexity index is 679. The van der Waals surface area contributed by atoms with E-state index in [2.05, 4.69) is 15.9 Å². The molecule has 0 amide bonds. The highest BCUT2D eigenvalue weighted by molar-refractivity contribution is 9.10. The van der Waals surface area contributed by atoms with Gasteiger partial charge in [0.05, 0.1) is 15.4 Å². The molecule has 0 radical (unpaired) electrons. The third-order valence-electron chi connectivity index (χ3n) is 2.99. The lowest BCUT2D eigenvalue weighted by Gasteiger charge is -2.15. The Labute approximate surface area is 111 Å². The van der Waals surface area contributed by atoms with Gasteiger partial charge in [-0.1, -0.05) is 6.92 Å². The van der Waals surface area contributed by atoms with Crippen LogP contribution in [0.4, 0.5) is 8.78 Å². The van der Waals surface area contributed by atoms with Gasteiger partial charge in [-0.3, -0.25) is 4.79 Å². The molecule has 2 rings (SSSR count). The number of halogens is 3. The van der Waals surface area contributed by atoms with Gasteiger partial charge in [0.2, 0.25) is 0 Å². The van der Waals surface area contributed by atoms with E-state index >= 15 is 0 Å². The third kappa shape index (κ3) is 1.86. The first kappa shape index (κ1) is 13.2. The highest BCUT2D eigenvalue weighted by Crippen LogP contribution is 2.27. The molecule has 18 heavy (non-hydrogen) atoms. The second kappa shape index (κ2) is 4.80. The van der Waals surface area contributed by atoms with E-state index in [-0.39, 0.29) is 20.8 Å². The van der Waals surface area contributed by atoms with Crippen LogP contribution in [0, 0.1) is 11.6 Å². The van der Waals surface area contributed by atoms with Crippen molar-refractivity contribution in [1.82, 2.24) is 4.57 Å². The van der Waals surface area contributed by atoms with Crippen LogP contribution >= 0.6 is 15.9 Å². The number of pyridine rings is 1. The molecule has 0 N–H and O–H groups in total. The van der Waals surface area contributed by atoms with Crippen molar-refractivity contribution in [2.45, 2.75) is 26.8 Å². The first-order valence-corrected chi connectivity index (χ1v) is 6.50. The summed E-state index contributed by atoms with van der Waals surface area (Å²) in [6.45, 7) is 4.28. The van der Waals surface area contributed by atoms with Gasteiger partial charge in [0.15, 0.2) is 11.2 Å². The standard InChI is InChI=1S/C13H12BrF2NO/c1-3-7-5-10(18)8-6-9(15)11(14)12(16)13(8)17(7)4-2/h5-6H,3-4H2,1-2H3. The average Bonchev–Trinajstić information content (AvgIpc) is 2.36. The normalized spacial score (nSPS) is 11.2. The van der Waals surface area contributed by atoms with Gasteiger partial charge in [0, 0.05) is 18.3 Å². The second-order valence-corrected chi connectivity index (χ2v) is 4.77. The van der Waals surface area contributed by atoms with Crippen LogP contribution in [-0.2, 0) is 13.0 Å². The number of hydrogen-bond donors (Lipinski definition) is 0. The number of hydrogen-bond acceptors (Lipinski definition) is 1. The summed E-state index contributed by atoms with van der Waals surface area (Å²) in [5, 5.41) is 0.0762. The second-order valence-electron chi connectivity index (χ2n) is 3.98. The fourth-order valence-corrected chi connectivity index (χ4v) is 2.44. The number of benzene rings is 1. The molecule has 0 saturated carbocycles. The predicted molar refractivity (Wildman–Crippen MR) is 70.9 cm³/mol. The van der Waals surface area contributed by atoms with Crippen LogP contribution in [-0.4, -0.2) is 4.57 Å². The Morgan fingerprint density at radius 2 is 1.94 bits per heavy atom. The Morgan fingerprint density at radius 3 is 2.50 bits per heavy atom. The van der Waals surface area contributed by atoms with Crippen molar-refractivity contribution in [2.24, 2.45) is 0 Å². The lowest BCUT2D eigenvalue weighted by molar-refractivity contribution is 0.571. The zero-order chi connectivity index (χ0) is 13.4. The maximum Gasteiger partial charge on any atom is 0.189 e. The highest BCUT2D eigenvalue weighted by Gasteiger charge is 2.17. The molecular formula is C13H12BrF2NO. The third-order valence-corrected chi connectivity index (χ3v) is 3.72. The van der Waals surface area contributed by atoms with Crippen LogP contribution in [0.15, 0.2) is 21.4 Å². The zero-order valence-corrected chi connectivity index (χ0v) is 11.6. The van der Waals surface area contributed by atoms with Gasteiger partial charge in [0.1, 0.15) is 5.82 Å². The lowest BCUT2D eigenvalue weighted by atomic mass is 10.1. The van der Waals surface area contributed by atoms with Crippen LogP contribution in [0.5, 0.6) is 0 Å². The Balaban J connectivity index is 3.07. The maximum atomic E-state index is 14.2. The van der Waals surface area contributed by atoms with Crippen LogP contribution in [0.3, 0.4) is 0 Å². The molecule has 0 fully saturated rings. The Kier molecular flexibility index (Phi) is 3.52. The van der Waals surface area contributed by atoms with Gasteiger partial charge in [-0.15, -0.1) is 0 Å². The van der Waals surface area contributed by atoms with Gasteiger partial charge in [-0.05, 0) is 35.3 Å². The molecule has 0 bridgehead atoms. The van der Waals surface area contributed by atoms with Gasteiger partial charge in [-0.25, -0.2) is 8.78 Å². The average molecular weight is 316 g/mol. The highest BCUT2D eigenvalue weighted by atomic mass is 79.9. The minimum atomic E-state index is -0.760. The van der Waals surface area contributed by atoms with Crippen molar-refractivity contribution in [2.75, 3.05) is 0 Å². The number of fused-ring (bicyclic) bond motifs is 1. The Hall–Kier alpha value is -1.23. The summed E-state index contributed by atoms with van der Waals surface area (Å²) < 4.78 is 29.1. The monoisotopic (exact) mass is 315 g/mol. The molecule has 5 heteroatoms. The molecule has 0 aliphatic heterocycles. The largest absolute Gasteiger partial charge is 0.342 e. The maximum absolute atomic E-state index is 14.2. The Morgan fingerprint density at radius 1 is 1.28 bits per heavy atom. The van der Waals surface area contributed by atoms with Crippen LogP contribution < -0.4 is 5.43 Å². The van der Waals surface area contributed by atoms with Crippen LogP contribution in [0.1, 0.15) is 19.5 Å². The summed E-state index contributed by atoms with van der Waals surface area (Å²) in [6, 6.07) is 2.52. The van der Waals surface area contributed by atoms with Crippen LogP contribution in [0.25, 0.3) is 10.9 Å². The number of rotatable bonds is 2. The van der Waals surface area contributed by atoms with E-state index in [0.717, 1.165) is 11.8 Å². The van der Waals surface area contributed by atoms with E-state index < -0.39 is 11.6 Å². The molecule has 1 aromatic carbocycles. The molecule has 1 aromatic heterocycles. The van der Waals surface area contributed by atoms with Crippen molar-refractivity contribution in [3.63, 3.8) is 0 Å². The quantitative estimate of drug-likeness (QED) is 0.776. The zero-order valence-electron chi connectivity index (χ0n) is 10.1. The number of nitrogens with zero attached hydrogens (tertiary/aromatic N) is 1. The lowest BCUT2D eigenvalue weighted by Crippen LogP contribution is -2.15. The van der Waals surface area contributed by atoms with Gasteiger partial charge >= 0.3 is 0 Å². The first-order valence-electron chi connectivity index (χ1n) is 5.71. The van der Waals surface area contributed by atoms with Crippen molar-refractivity contribution in [1.29, 1.82) is 0 Å². The molecule has 0 atom stereocenters. The fourth-order valence-electron chi connectivity index (χ4n) is 2.14. The summed E-state index contributed by atoms with van der Waals surface area (Å²) in [7, 11) is 0. The summed E-state index contributed by atoms with van der Waals surface area (Å²) in [5.74, 6) is -1.48. The minimum Gasteiger partial charge on any atom is -0.342 e. The molecule has 2 nitrogen and oxygen atoms in total. The van der Waals surface area contributed by atoms with E-state index in [1.165, 1.54) is 6.07 Å². The van der Waals surface area contributed by atoms with E-state index in [4.69, 9.17) is 0 Å². The van der Waals surface area contributed by atoms with Crippen molar-refractivity contribution < 1.29 is 8.78 Å². The van der Waals surface area contributed by atoms with Crippen LogP contribution in [0.2, 0.25) is 0 Å². The molecule has 0 saturated heterocycles. The molecule has 0 aliphatic rings. The topological polar surface area (TPSA) is 22.0 Å². The first-order chi connectivity index (χ1) is 8.51. The molecule has 1 heterocycles. The molecule has 0 unspecified atom stereocenters. The van der Waals surface area contributed by atoms with E-state index in [1.807, 2.05) is 13.8 Å². The van der Waals surface area contributed by atoms with Crippen molar-refractivity contribution >= 4 is 26.8 Å². The molecule has 96 valence electrons. The SMILES string of the molecule is CCc1cc(=O)c2cc(F)c(Br)c(F)c2n1CC. The van der Waals surface area contributed by atoms with Gasteiger partial charge in [-0.2, -0.15) is 0 Å². The van der Waals surface area contributed by atoms with E-state index in [9.17, 15) is 13.6 Å². The summed E-state index contributed by atoms with van der Waals surface area (Å²) in [6.07, 6.45) is 0.619. The molecule has 0 spiro atoms. The van der Waals surface area contributed by atoms with Crippen molar-refractivity contribution in [3.8, 4) is 0 Å².